The molecule has 2 rings (SSSR count). The summed E-state index contributed by atoms with van der Waals surface area (Å²) in [4.78, 5) is 46.6. The highest BCUT2D eigenvalue weighted by Gasteiger charge is 2.20. The zero-order chi connectivity index (χ0) is 22.4. The van der Waals surface area contributed by atoms with E-state index in [0.717, 1.165) is 22.8 Å². The van der Waals surface area contributed by atoms with Gasteiger partial charge in [0.2, 0.25) is 0 Å². The number of hydrogen-bond donors (Lipinski definition) is 2. The lowest BCUT2D eigenvalue weighted by Gasteiger charge is -2.15. The third-order valence-electron chi connectivity index (χ3n) is 4.31. The van der Waals surface area contributed by atoms with Gasteiger partial charge in [0.05, 0.1) is 4.92 Å². The number of rotatable bonds is 7. The Morgan fingerprint density at radius 2 is 1.73 bits per heavy atom. The van der Waals surface area contributed by atoms with Crippen molar-refractivity contribution in [1.29, 1.82) is 0 Å². The number of nitrogens with zero attached hydrogens (tertiary/aromatic N) is 1. The van der Waals surface area contributed by atoms with Crippen LogP contribution in [0.3, 0.4) is 0 Å². The first-order chi connectivity index (χ1) is 14.1. The predicted octanol–water partition coefficient (Wildman–Crippen LogP) is 2.82. The van der Waals surface area contributed by atoms with E-state index in [1.54, 1.807) is 0 Å². The van der Waals surface area contributed by atoms with Crippen molar-refractivity contribution in [3.63, 3.8) is 0 Å². The van der Waals surface area contributed by atoms with Crippen LogP contribution in [0, 0.1) is 30.9 Å². The summed E-state index contributed by atoms with van der Waals surface area (Å²) < 4.78 is 4.97. The van der Waals surface area contributed by atoms with Gasteiger partial charge in [-0.15, -0.1) is 0 Å². The maximum absolute atomic E-state index is 12.2. The van der Waals surface area contributed by atoms with Crippen molar-refractivity contribution in [3.8, 4) is 0 Å². The minimum atomic E-state index is -1.05. The Labute approximate surface area is 173 Å². The van der Waals surface area contributed by atoms with Crippen LogP contribution < -0.4 is 10.6 Å². The highest BCUT2D eigenvalue weighted by molar-refractivity contribution is 5.98. The fourth-order valence-corrected chi connectivity index (χ4v) is 2.91. The molecule has 0 aliphatic carbocycles. The number of non-ortho nitro benzene ring substituents is 1. The average molecular weight is 413 g/mol. The molecule has 0 radical (unpaired) electrons. The lowest BCUT2D eigenvalue weighted by molar-refractivity contribution is -0.384. The van der Waals surface area contributed by atoms with E-state index in [0.29, 0.717) is 5.69 Å². The van der Waals surface area contributed by atoms with Gasteiger partial charge < -0.3 is 15.4 Å². The first-order valence-electron chi connectivity index (χ1n) is 9.18. The first-order valence-corrected chi connectivity index (χ1v) is 9.18. The van der Waals surface area contributed by atoms with E-state index in [1.165, 1.54) is 25.1 Å². The molecular formula is C21H23N3O6. The Morgan fingerprint density at radius 3 is 2.33 bits per heavy atom. The molecule has 0 saturated carbocycles. The summed E-state index contributed by atoms with van der Waals surface area (Å²) in [7, 11) is 0. The molecule has 0 bridgehead atoms. The van der Waals surface area contributed by atoms with Crippen LogP contribution in [0.25, 0.3) is 0 Å². The monoisotopic (exact) mass is 413 g/mol. The lowest BCUT2D eigenvalue weighted by Crippen LogP contribution is -2.40. The van der Waals surface area contributed by atoms with E-state index in [1.807, 2.05) is 32.9 Å². The summed E-state index contributed by atoms with van der Waals surface area (Å²) in [6, 6.07) is 7.93. The Bertz CT molecular complexity index is 979. The molecular weight excluding hydrogens is 390 g/mol. The largest absolute Gasteiger partial charge is 0.454 e. The molecule has 0 aromatic heterocycles. The standard InChI is InChI=1S/C21H23N3O6/c1-12-8-13(2)19(14(3)9-12)23-18(25)11-30-21(27)15(4)22-20(26)16-6-5-7-17(10-16)24(28)29/h5-10,15H,11H2,1-4H3,(H,22,26)(H,23,25)/t15-/m0/s1. The van der Waals surface area contributed by atoms with Crippen LogP contribution in [0.2, 0.25) is 0 Å². The van der Waals surface area contributed by atoms with Gasteiger partial charge in [-0.05, 0) is 44.9 Å². The second kappa shape index (κ2) is 9.64. The molecule has 2 aromatic carbocycles. The van der Waals surface area contributed by atoms with E-state index in [4.69, 9.17) is 4.74 Å². The van der Waals surface area contributed by atoms with Crippen LogP contribution in [-0.4, -0.2) is 35.4 Å². The number of esters is 1. The van der Waals surface area contributed by atoms with E-state index >= 15 is 0 Å². The third kappa shape index (κ3) is 5.87. The number of benzene rings is 2. The first kappa shape index (κ1) is 22.5. The van der Waals surface area contributed by atoms with Crippen molar-refractivity contribution in [2.75, 3.05) is 11.9 Å². The Balaban J connectivity index is 1.90. The van der Waals surface area contributed by atoms with Crippen LogP contribution in [0.5, 0.6) is 0 Å². The van der Waals surface area contributed by atoms with E-state index in [-0.39, 0.29) is 11.3 Å². The van der Waals surface area contributed by atoms with Crippen molar-refractivity contribution in [2.24, 2.45) is 0 Å². The van der Waals surface area contributed by atoms with Crippen LogP contribution in [-0.2, 0) is 14.3 Å². The van der Waals surface area contributed by atoms with Gasteiger partial charge >= 0.3 is 5.97 Å². The van der Waals surface area contributed by atoms with Gasteiger partial charge in [-0.25, -0.2) is 4.79 Å². The topological polar surface area (TPSA) is 128 Å². The Morgan fingerprint density at radius 1 is 1.10 bits per heavy atom. The molecule has 0 spiro atoms. The van der Waals surface area contributed by atoms with E-state index in [2.05, 4.69) is 10.6 Å². The second-order valence-corrected chi connectivity index (χ2v) is 6.93. The van der Waals surface area contributed by atoms with Crippen molar-refractivity contribution in [3.05, 3.63) is 68.8 Å². The molecule has 0 fully saturated rings. The van der Waals surface area contributed by atoms with Crippen LogP contribution in [0.1, 0.15) is 34.0 Å². The number of aryl methyl sites for hydroxylation is 3. The summed E-state index contributed by atoms with van der Waals surface area (Å²) >= 11 is 0. The number of amides is 2. The lowest BCUT2D eigenvalue weighted by atomic mass is 10.1. The molecule has 2 N–H and O–H groups in total. The molecule has 9 nitrogen and oxygen atoms in total. The van der Waals surface area contributed by atoms with Gasteiger partial charge in [-0.1, -0.05) is 23.8 Å². The molecule has 0 aliphatic heterocycles. The van der Waals surface area contributed by atoms with Gasteiger partial charge in [0.25, 0.3) is 17.5 Å². The number of carbonyl (C=O) groups is 3. The quantitative estimate of drug-likeness (QED) is 0.408. The summed E-state index contributed by atoms with van der Waals surface area (Å²) in [6.07, 6.45) is 0. The number of anilines is 1. The van der Waals surface area contributed by atoms with Gasteiger partial charge in [-0.2, -0.15) is 0 Å². The van der Waals surface area contributed by atoms with Gasteiger partial charge in [-0.3, -0.25) is 19.7 Å². The fourth-order valence-electron chi connectivity index (χ4n) is 2.91. The molecule has 2 aromatic rings. The molecule has 0 aliphatic rings. The maximum atomic E-state index is 12.2. The fraction of sp³-hybridized carbons (Fsp3) is 0.286. The number of ether oxygens (including phenoxy) is 1. The minimum Gasteiger partial charge on any atom is -0.454 e. The Hall–Kier alpha value is -3.75. The molecule has 1 atom stereocenters. The number of hydrogen-bond acceptors (Lipinski definition) is 6. The van der Waals surface area contributed by atoms with Crippen molar-refractivity contribution >= 4 is 29.2 Å². The molecule has 30 heavy (non-hydrogen) atoms. The van der Waals surface area contributed by atoms with Crippen molar-refractivity contribution < 1.29 is 24.0 Å². The molecule has 158 valence electrons. The summed E-state index contributed by atoms with van der Waals surface area (Å²) in [5.41, 5.74) is 3.31. The van der Waals surface area contributed by atoms with Gasteiger partial charge in [0.1, 0.15) is 6.04 Å². The van der Waals surface area contributed by atoms with Crippen LogP contribution in [0.4, 0.5) is 11.4 Å². The van der Waals surface area contributed by atoms with Crippen LogP contribution >= 0.6 is 0 Å². The molecule has 9 heteroatoms. The maximum Gasteiger partial charge on any atom is 0.328 e. The second-order valence-electron chi connectivity index (χ2n) is 6.93. The van der Waals surface area contributed by atoms with Gasteiger partial charge in [0.15, 0.2) is 6.61 Å². The number of carbonyl (C=O) groups excluding carboxylic acids is 3. The summed E-state index contributed by atoms with van der Waals surface area (Å²) in [6.45, 7) is 6.57. The molecule has 0 heterocycles. The molecule has 0 unspecified atom stereocenters. The van der Waals surface area contributed by atoms with Crippen molar-refractivity contribution in [1.82, 2.24) is 5.32 Å². The highest BCUT2D eigenvalue weighted by Crippen LogP contribution is 2.21. The zero-order valence-electron chi connectivity index (χ0n) is 17.1. The van der Waals surface area contributed by atoms with E-state index < -0.39 is 35.4 Å². The SMILES string of the molecule is Cc1cc(C)c(NC(=O)COC(=O)[C@H](C)NC(=O)c2cccc([N+](=O)[O-])c2)c(C)c1. The van der Waals surface area contributed by atoms with Gasteiger partial charge in [0, 0.05) is 23.4 Å². The summed E-state index contributed by atoms with van der Waals surface area (Å²) in [5, 5.41) is 15.9. The Kier molecular flexibility index (Phi) is 7.24. The third-order valence-corrected chi connectivity index (χ3v) is 4.31. The molecule has 2 amide bonds. The zero-order valence-corrected chi connectivity index (χ0v) is 17.1. The average Bonchev–Trinajstić information content (AvgIpc) is 2.68. The van der Waals surface area contributed by atoms with Crippen LogP contribution in [0.15, 0.2) is 36.4 Å². The predicted molar refractivity (Wildman–Crippen MR) is 110 cm³/mol. The smallest absolute Gasteiger partial charge is 0.328 e. The molecule has 0 saturated heterocycles. The highest BCUT2D eigenvalue weighted by atomic mass is 16.6. The number of nitrogens with one attached hydrogen (secondary N) is 2. The van der Waals surface area contributed by atoms with Crippen molar-refractivity contribution in [2.45, 2.75) is 33.7 Å². The van der Waals surface area contributed by atoms with E-state index in [9.17, 15) is 24.5 Å². The summed E-state index contributed by atoms with van der Waals surface area (Å²) in [5.74, 6) is -1.98. The minimum absolute atomic E-state index is 0.0342. The normalized spacial score (nSPS) is 11.3. The number of nitro groups is 1. The number of nitro benzene ring substituents is 1.